The molecule has 0 N–H and O–H groups in total. The summed E-state index contributed by atoms with van der Waals surface area (Å²) in [5.41, 5.74) is -0.854. The van der Waals surface area contributed by atoms with Crippen LogP contribution in [-0.4, -0.2) is 10.2 Å². The Kier molecular flexibility index (Phi) is 3.88. The second-order valence-corrected chi connectivity index (χ2v) is 5.28. The van der Waals surface area contributed by atoms with Gasteiger partial charge in [0.1, 0.15) is 5.56 Å². The van der Waals surface area contributed by atoms with Gasteiger partial charge in [-0.15, -0.1) is 10.2 Å². The van der Waals surface area contributed by atoms with Crippen molar-refractivity contribution >= 4 is 15.9 Å². The fourth-order valence-corrected chi connectivity index (χ4v) is 2.09. The summed E-state index contributed by atoms with van der Waals surface area (Å²) in [5, 5.41) is 6.91. The summed E-state index contributed by atoms with van der Waals surface area (Å²) in [6, 6.07) is 6.44. The second-order valence-electron chi connectivity index (χ2n) is 4.36. The molecule has 0 aliphatic rings. The molecule has 1 aromatic heterocycles. The molecule has 3 nitrogen and oxygen atoms in total. The first-order valence-electron chi connectivity index (χ1n) is 6.01. The van der Waals surface area contributed by atoms with Crippen LogP contribution in [-0.2, 0) is 0 Å². The van der Waals surface area contributed by atoms with E-state index in [2.05, 4.69) is 26.1 Å². The molecule has 0 spiro atoms. The number of hydrogen-bond acceptors (Lipinski definition) is 3. The molecule has 3 rings (SSSR count). The van der Waals surface area contributed by atoms with Gasteiger partial charge in [0.2, 0.25) is 11.7 Å². The fourth-order valence-electron chi connectivity index (χ4n) is 1.83. The molecule has 2 aromatic carbocycles. The van der Waals surface area contributed by atoms with Crippen molar-refractivity contribution in [2.75, 3.05) is 0 Å². The largest absolute Gasteiger partial charge is 0.416 e. The molecule has 0 unspecified atom stereocenters. The van der Waals surface area contributed by atoms with Crippen LogP contribution in [0.1, 0.15) is 0 Å². The maximum Gasteiger partial charge on any atom is 0.254 e. The normalized spacial score (nSPS) is 11.0. The molecule has 0 saturated carbocycles. The van der Waals surface area contributed by atoms with Crippen LogP contribution in [0.3, 0.4) is 0 Å². The number of nitrogens with zero attached hydrogens (tertiary/aromatic N) is 2. The van der Waals surface area contributed by atoms with Crippen molar-refractivity contribution in [1.82, 2.24) is 10.2 Å². The Bertz CT molecular complexity index is 866. The lowest BCUT2D eigenvalue weighted by Gasteiger charge is -2.04. The molecule has 23 heavy (non-hydrogen) atoms. The van der Waals surface area contributed by atoms with Gasteiger partial charge in [0.15, 0.2) is 23.3 Å². The van der Waals surface area contributed by atoms with E-state index < -0.39 is 40.5 Å². The van der Waals surface area contributed by atoms with Gasteiger partial charge in [-0.1, -0.05) is 15.9 Å². The molecule has 0 atom stereocenters. The highest BCUT2D eigenvalue weighted by molar-refractivity contribution is 9.10. The van der Waals surface area contributed by atoms with E-state index in [1.807, 2.05) is 0 Å². The predicted molar refractivity (Wildman–Crippen MR) is 72.7 cm³/mol. The maximum atomic E-state index is 13.7. The van der Waals surface area contributed by atoms with Crippen molar-refractivity contribution in [2.24, 2.45) is 0 Å². The maximum absolute atomic E-state index is 13.7. The molecule has 1 heterocycles. The monoisotopic (exact) mass is 390 g/mol. The first-order valence-corrected chi connectivity index (χ1v) is 6.80. The summed E-state index contributed by atoms with van der Waals surface area (Å²) in [4.78, 5) is 0. The average Bonchev–Trinajstić information content (AvgIpc) is 3.01. The van der Waals surface area contributed by atoms with Gasteiger partial charge in [-0.25, -0.2) is 22.0 Å². The highest BCUT2D eigenvalue weighted by atomic mass is 79.9. The summed E-state index contributed by atoms with van der Waals surface area (Å²) in [5.74, 6) is -11.4. The Morgan fingerprint density at radius 1 is 0.696 bits per heavy atom. The minimum Gasteiger partial charge on any atom is -0.416 e. The molecule has 118 valence electrons. The van der Waals surface area contributed by atoms with Crippen molar-refractivity contribution in [3.8, 4) is 22.9 Å². The zero-order valence-electron chi connectivity index (χ0n) is 10.9. The van der Waals surface area contributed by atoms with E-state index in [1.54, 1.807) is 24.3 Å². The van der Waals surface area contributed by atoms with Gasteiger partial charge in [0.05, 0.1) is 0 Å². The molecule has 0 bridgehead atoms. The van der Waals surface area contributed by atoms with Crippen molar-refractivity contribution in [3.63, 3.8) is 0 Å². The number of aromatic nitrogens is 2. The van der Waals surface area contributed by atoms with Crippen LogP contribution in [0.5, 0.6) is 0 Å². The molecule has 0 saturated heterocycles. The van der Waals surface area contributed by atoms with Crippen LogP contribution in [0.4, 0.5) is 22.0 Å². The summed E-state index contributed by atoms with van der Waals surface area (Å²) < 4.78 is 72.6. The summed E-state index contributed by atoms with van der Waals surface area (Å²) in [7, 11) is 0. The summed E-state index contributed by atoms with van der Waals surface area (Å²) in [6.07, 6.45) is 0. The first-order chi connectivity index (χ1) is 10.9. The third-order valence-corrected chi connectivity index (χ3v) is 3.47. The van der Waals surface area contributed by atoms with E-state index in [1.165, 1.54) is 0 Å². The van der Waals surface area contributed by atoms with Gasteiger partial charge >= 0.3 is 0 Å². The Morgan fingerprint density at radius 2 is 1.17 bits per heavy atom. The van der Waals surface area contributed by atoms with Gasteiger partial charge in [-0.2, -0.15) is 0 Å². The van der Waals surface area contributed by atoms with E-state index in [-0.39, 0.29) is 5.89 Å². The Hall–Kier alpha value is -2.29. The number of halogens is 6. The lowest BCUT2D eigenvalue weighted by molar-refractivity contribution is 0.378. The third-order valence-electron chi connectivity index (χ3n) is 2.94. The first kappa shape index (κ1) is 15.6. The Balaban J connectivity index is 2.13. The van der Waals surface area contributed by atoms with Gasteiger partial charge < -0.3 is 4.42 Å². The van der Waals surface area contributed by atoms with E-state index in [0.717, 1.165) is 4.47 Å². The van der Waals surface area contributed by atoms with Gasteiger partial charge in [0, 0.05) is 10.0 Å². The molecule has 0 aliphatic heterocycles. The Labute approximate surface area is 133 Å². The van der Waals surface area contributed by atoms with Crippen LogP contribution >= 0.6 is 15.9 Å². The van der Waals surface area contributed by atoms with E-state index in [4.69, 9.17) is 4.42 Å². The van der Waals surface area contributed by atoms with Crippen LogP contribution in [0.15, 0.2) is 33.2 Å². The van der Waals surface area contributed by atoms with Crippen LogP contribution in [0.25, 0.3) is 22.9 Å². The minimum atomic E-state index is -2.25. The van der Waals surface area contributed by atoms with Gasteiger partial charge in [0.25, 0.3) is 5.89 Å². The van der Waals surface area contributed by atoms with E-state index in [0.29, 0.717) is 5.56 Å². The number of rotatable bonds is 2. The topological polar surface area (TPSA) is 38.9 Å². The minimum absolute atomic E-state index is 0.128. The van der Waals surface area contributed by atoms with Crippen LogP contribution in [0.2, 0.25) is 0 Å². The number of hydrogen-bond donors (Lipinski definition) is 0. The highest BCUT2D eigenvalue weighted by Gasteiger charge is 2.29. The lowest BCUT2D eigenvalue weighted by atomic mass is 10.1. The molecular formula is C14H4BrF5N2O. The number of benzene rings is 2. The van der Waals surface area contributed by atoms with Gasteiger partial charge in [-0.05, 0) is 24.3 Å². The third kappa shape index (κ3) is 2.61. The lowest BCUT2D eigenvalue weighted by Crippen LogP contribution is -2.04. The van der Waals surface area contributed by atoms with E-state index >= 15 is 0 Å². The van der Waals surface area contributed by atoms with Gasteiger partial charge in [-0.3, -0.25) is 0 Å². The average molecular weight is 391 g/mol. The van der Waals surface area contributed by atoms with Crippen molar-refractivity contribution in [2.45, 2.75) is 0 Å². The van der Waals surface area contributed by atoms with Crippen molar-refractivity contribution in [3.05, 3.63) is 57.8 Å². The molecule has 9 heteroatoms. The predicted octanol–water partition coefficient (Wildman–Crippen LogP) is 4.86. The van der Waals surface area contributed by atoms with Crippen molar-refractivity contribution < 1.29 is 26.4 Å². The second kappa shape index (κ2) is 5.73. The van der Waals surface area contributed by atoms with Crippen LogP contribution in [0, 0.1) is 29.1 Å². The quantitative estimate of drug-likeness (QED) is 0.356. The van der Waals surface area contributed by atoms with E-state index in [9.17, 15) is 22.0 Å². The highest BCUT2D eigenvalue weighted by Crippen LogP contribution is 2.32. The standard InChI is InChI=1S/C14H4BrF5N2O/c15-6-3-1-5(2-4-6)13-21-22-14(23-13)7-8(16)10(18)12(20)11(19)9(7)17/h1-4H. The molecule has 0 radical (unpaired) electrons. The van der Waals surface area contributed by atoms with Crippen molar-refractivity contribution in [1.29, 1.82) is 0 Å². The summed E-state index contributed by atoms with van der Waals surface area (Å²) in [6.45, 7) is 0. The fraction of sp³-hybridized carbons (Fsp3) is 0. The Morgan fingerprint density at radius 3 is 1.74 bits per heavy atom. The molecule has 0 fully saturated rings. The zero-order valence-corrected chi connectivity index (χ0v) is 12.5. The molecule has 0 aliphatic carbocycles. The SMILES string of the molecule is Fc1c(F)c(F)c(-c2nnc(-c3ccc(Br)cc3)o2)c(F)c1F. The molecule has 3 aromatic rings. The van der Waals surface area contributed by atoms with Crippen LogP contribution < -0.4 is 0 Å². The molecular weight excluding hydrogens is 387 g/mol. The molecule has 0 amide bonds. The smallest absolute Gasteiger partial charge is 0.254 e. The zero-order chi connectivity index (χ0) is 16.7. The summed E-state index contributed by atoms with van der Waals surface area (Å²) >= 11 is 3.22.